The first kappa shape index (κ1) is 18.3. The topological polar surface area (TPSA) is 9.72 Å². The van der Waals surface area contributed by atoms with Crippen LogP contribution in [0.3, 0.4) is 0 Å². The number of likely N-dealkylation sites (tertiary alicyclic amines) is 1. The molecule has 4 aliphatic rings. The predicted molar refractivity (Wildman–Crippen MR) is 106 cm³/mol. The van der Waals surface area contributed by atoms with Gasteiger partial charge in [0.1, 0.15) is 0 Å². The Kier molecular flexibility index (Phi) is 5.46. The summed E-state index contributed by atoms with van der Waals surface area (Å²) in [5.41, 5.74) is 0.728. The van der Waals surface area contributed by atoms with E-state index in [1.165, 1.54) is 90.8 Å². The molecule has 3 heteroatoms. The van der Waals surface area contributed by atoms with Crippen LogP contribution in [0.15, 0.2) is 0 Å². The van der Waals surface area contributed by atoms with Gasteiger partial charge in [0, 0.05) is 51.9 Å². The second-order valence-corrected chi connectivity index (χ2v) is 10.3. The predicted octanol–water partition coefficient (Wildman–Crippen LogP) is 3.55. The zero-order valence-corrected chi connectivity index (χ0v) is 17.1. The molecule has 0 amide bonds. The van der Waals surface area contributed by atoms with Gasteiger partial charge in [0.25, 0.3) is 0 Å². The average Bonchev–Trinajstić information content (AvgIpc) is 3.04. The van der Waals surface area contributed by atoms with Crippen LogP contribution in [0.5, 0.6) is 0 Å². The van der Waals surface area contributed by atoms with Crippen LogP contribution >= 0.6 is 0 Å². The van der Waals surface area contributed by atoms with Gasteiger partial charge in [-0.1, -0.05) is 26.7 Å². The first-order chi connectivity index (χ1) is 12.1. The quantitative estimate of drug-likeness (QED) is 0.665. The van der Waals surface area contributed by atoms with E-state index in [2.05, 4.69) is 35.6 Å². The lowest BCUT2D eigenvalue weighted by Gasteiger charge is -2.38. The Morgan fingerprint density at radius 2 is 1.84 bits per heavy atom. The van der Waals surface area contributed by atoms with Crippen LogP contribution in [0.1, 0.15) is 58.8 Å². The summed E-state index contributed by atoms with van der Waals surface area (Å²) in [6.07, 6.45) is 10.3. The third-order valence-corrected chi connectivity index (χ3v) is 7.95. The molecule has 2 bridgehead atoms. The van der Waals surface area contributed by atoms with Crippen molar-refractivity contribution in [1.82, 2.24) is 14.7 Å². The smallest absolute Gasteiger partial charge is 0.0110 e. The van der Waals surface area contributed by atoms with Gasteiger partial charge in [-0.05, 0) is 62.3 Å². The SMILES string of the molecule is CCCC(C)CC1(CN2CC3CC2CC3CN2CCN(C)CC2)CC1. The third kappa shape index (κ3) is 4.25. The van der Waals surface area contributed by atoms with Gasteiger partial charge in [0.2, 0.25) is 0 Å². The van der Waals surface area contributed by atoms with Crippen molar-refractivity contribution in [2.75, 3.05) is 52.9 Å². The molecule has 0 aromatic carbocycles. The van der Waals surface area contributed by atoms with Gasteiger partial charge in [0.15, 0.2) is 0 Å². The molecule has 144 valence electrons. The summed E-state index contributed by atoms with van der Waals surface area (Å²) in [5, 5.41) is 0. The van der Waals surface area contributed by atoms with Crippen molar-refractivity contribution >= 4 is 0 Å². The van der Waals surface area contributed by atoms with Gasteiger partial charge in [-0.3, -0.25) is 4.90 Å². The maximum absolute atomic E-state index is 2.93. The fourth-order valence-corrected chi connectivity index (χ4v) is 6.30. The van der Waals surface area contributed by atoms with Crippen molar-refractivity contribution in [3.8, 4) is 0 Å². The minimum absolute atomic E-state index is 0.728. The second-order valence-electron chi connectivity index (χ2n) is 10.3. The highest BCUT2D eigenvalue weighted by Crippen LogP contribution is 2.54. The van der Waals surface area contributed by atoms with Crippen LogP contribution in [0.25, 0.3) is 0 Å². The van der Waals surface area contributed by atoms with Gasteiger partial charge in [-0.25, -0.2) is 0 Å². The fourth-order valence-electron chi connectivity index (χ4n) is 6.30. The molecule has 0 N–H and O–H groups in total. The number of likely N-dealkylation sites (N-methyl/N-ethyl adjacent to an activating group) is 1. The zero-order valence-electron chi connectivity index (χ0n) is 17.1. The van der Waals surface area contributed by atoms with Crippen molar-refractivity contribution < 1.29 is 0 Å². The minimum Gasteiger partial charge on any atom is -0.304 e. The fraction of sp³-hybridized carbons (Fsp3) is 1.00. The van der Waals surface area contributed by atoms with Gasteiger partial charge in [-0.15, -0.1) is 0 Å². The number of piperidine rings is 1. The van der Waals surface area contributed by atoms with Crippen LogP contribution in [0.4, 0.5) is 0 Å². The van der Waals surface area contributed by atoms with E-state index in [1.807, 2.05) is 0 Å². The summed E-state index contributed by atoms with van der Waals surface area (Å²) >= 11 is 0. The van der Waals surface area contributed by atoms with Crippen molar-refractivity contribution in [3.05, 3.63) is 0 Å². The Morgan fingerprint density at radius 3 is 2.44 bits per heavy atom. The highest BCUT2D eigenvalue weighted by Gasteiger charge is 2.50. The molecule has 4 unspecified atom stereocenters. The van der Waals surface area contributed by atoms with E-state index in [-0.39, 0.29) is 0 Å². The lowest BCUT2D eigenvalue weighted by Crippen LogP contribution is -2.48. The lowest BCUT2D eigenvalue weighted by molar-refractivity contribution is 0.0908. The number of nitrogens with zero attached hydrogens (tertiary/aromatic N) is 3. The van der Waals surface area contributed by atoms with Crippen LogP contribution in [0.2, 0.25) is 0 Å². The molecule has 0 spiro atoms. The Bertz CT molecular complexity index is 439. The Balaban J connectivity index is 1.23. The minimum atomic E-state index is 0.728. The molecule has 2 saturated heterocycles. The third-order valence-electron chi connectivity index (χ3n) is 7.95. The molecule has 0 radical (unpaired) electrons. The monoisotopic (exact) mass is 347 g/mol. The van der Waals surface area contributed by atoms with Gasteiger partial charge in [-0.2, -0.15) is 0 Å². The summed E-state index contributed by atoms with van der Waals surface area (Å²) in [6, 6.07) is 0.932. The van der Waals surface area contributed by atoms with Crippen LogP contribution < -0.4 is 0 Å². The van der Waals surface area contributed by atoms with Gasteiger partial charge < -0.3 is 9.80 Å². The number of fused-ring (bicyclic) bond motifs is 2. The molecule has 4 fully saturated rings. The summed E-state index contributed by atoms with van der Waals surface area (Å²) in [4.78, 5) is 8.16. The second kappa shape index (κ2) is 7.48. The highest BCUT2D eigenvalue weighted by atomic mass is 15.3. The van der Waals surface area contributed by atoms with Crippen molar-refractivity contribution in [1.29, 1.82) is 0 Å². The number of hydrogen-bond acceptors (Lipinski definition) is 3. The van der Waals surface area contributed by atoms with E-state index in [4.69, 9.17) is 0 Å². The molecule has 2 aliphatic heterocycles. The summed E-state index contributed by atoms with van der Waals surface area (Å²) < 4.78 is 0. The van der Waals surface area contributed by atoms with E-state index in [1.54, 1.807) is 0 Å². The molecule has 2 aliphatic carbocycles. The van der Waals surface area contributed by atoms with E-state index in [9.17, 15) is 0 Å². The Labute approximate surface area is 156 Å². The van der Waals surface area contributed by atoms with Crippen molar-refractivity contribution in [3.63, 3.8) is 0 Å². The molecule has 3 nitrogen and oxygen atoms in total. The van der Waals surface area contributed by atoms with Crippen LogP contribution in [0, 0.1) is 23.2 Å². The molecule has 0 aromatic rings. The first-order valence-corrected chi connectivity index (χ1v) is 11.2. The normalized spacial score (nSPS) is 36.8. The van der Waals surface area contributed by atoms with Crippen molar-refractivity contribution in [2.45, 2.75) is 64.8 Å². The van der Waals surface area contributed by atoms with E-state index >= 15 is 0 Å². The molecular formula is C22H41N3. The molecular weight excluding hydrogens is 306 g/mol. The number of piperazine rings is 1. The number of hydrogen-bond donors (Lipinski definition) is 0. The molecule has 2 saturated carbocycles. The summed E-state index contributed by atoms with van der Waals surface area (Å²) in [6.45, 7) is 14.2. The van der Waals surface area contributed by atoms with Gasteiger partial charge in [0.05, 0.1) is 0 Å². The maximum atomic E-state index is 2.93. The van der Waals surface area contributed by atoms with Crippen LogP contribution in [-0.2, 0) is 0 Å². The summed E-state index contributed by atoms with van der Waals surface area (Å²) in [7, 11) is 2.27. The lowest BCUT2D eigenvalue weighted by atomic mass is 9.88. The number of rotatable bonds is 8. The molecule has 25 heavy (non-hydrogen) atoms. The van der Waals surface area contributed by atoms with E-state index in [0.29, 0.717) is 0 Å². The zero-order chi connectivity index (χ0) is 17.4. The molecule has 0 aromatic heterocycles. The highest BCUT2D eigenvalue weighted by molar-refractivity contribution is 5.03. The first-order valence-electron chi connectivity index (χ1n) is 11.2. The van der Waals surface area contributed by atoms with Crippen molar-refractivity contribution in [2.24, 2.45) is 23.2 Å². The van der Waals surface area contributed by atoms with E-state index in [0.717, 1.165) is 29.2 Å². The van der Waals surface area contributed by atoms with E-state index < -0.39 is 0 Å². The summed E-state index contributed by atoms with van der Waals surface area (Å²) in [5.74, 6) is 2.95. The molecule has 4 atom stereocenters. The molecule has 2 heterocycles. The Hall–Kier alpha value is -0.120. The average molecular weight is 348 g/mol. The Morgan fingerprint density at radius 1 is 1.08 bits per heavy atom. The largest absolute Gasteiger partial charge is 0.304 e. The maximum Gasteiger partial charge on any atom is 0.0110 e. The van der Waals surface area contributed by atoms with Crippen LogP contribution in [-0.4, -0.2) is 73.6 Å². The van der Waals surface area contributed by atoms with Gasteiger partial charge >= 0.3 is 0 Å². The standard InChI is InChI=1S/C22H41N3/c1-4-5-18(2)14-22(6-7-22)17-25-16-20-13-21(25)12-19(20)15-24-10-8-23(3)9-11-24/h18-21H,4-17H2,1-3H3. The molecule has 4 rings (SSSR count).